The highest BCUT2D eigenvalue weighted by Gasteiger charge is 2.06. The highest BCUT2D eigenvalue weighted by molar-refractivity contribution is 5.75. The molecule has 0 radical (unpaired) electrons. The van der Waals surface area contributed by atoms with Gasteiger partial charge >= 0.3 is 0 Å². The predicted molar refractivity (Wildman–Crippen MR) is 86.5 cm³/mol. The van der Waals surface area contributed by atoms with Gasteiger partial charge in [-0.2, -0.15) is 5.26 Å². The summed E-state index contributed by atoms with van der Waals surface area (Å²) < 4.78 is 2.22. The summed E-state index contributed by atoms with van der Waals surface area (Å²) in [6.45, 7) is 3.67. The summed E-state index contributed by atoms with van der Waals surface area (Å²) in [7, 11) is 0. The number of nitrogens with one attached hydrogen (secondary N) is 1. The van der Waals surface area contributed by atoms with E-state index in [1.54, 1.807) is 18.3 Å². The van der Waals surface area contributed by atoms with Crippen molar-refractivity contribution < 1.29 is 0 Å². The van der Waals surface area contributed by atoms with Crippen molar-refractivity contribution in [2.75, 3.05) is 11.9 Å². The van der Waals surface area contributed by atoms with Crippen LogP contribution in [0.5, 0.6) is 0 Å². The van der Waals surface area contributed by atoms with E-state index in [0.717, 1.165) is 36.4 Å². The van der Waals surface area contributed by atoms with Gasteiger partial charge in [0.2, 0.25) is 0 Å². The van der Waals surface area contributed by atoms with Crippen molar-refractivity contribution in [2.24, 2.45) is 0 Å². The summed E-state index contributed by atoms with van der Waals surface area (Å²) in [6.07, 6.45) is 2.62. The molecular weight excluding hydrogens is 274 g/mol. The quantitative estimate of drug-likeness (QED) is 0.733. The molecule has 1 aromatic carbocycles. The van der Waals surface area contributed by atoms with Crippen molar-refractivity contribution >= 4 is 16.9 Å². The molecule has 5 heteroatoms. The van der Waals surface area contributed by atoms with Crippen LogP contribution in [0.25, 0.3) is 11.0 Å². The molecule has 5 nitrogen and oxygen atoms in total. The topological polar surface area (TPSA) is 66.5 Å². The van der Waals surface area contributed by atoms with Crippen LogP contribution in [0.2, 0.25) is 0 Å². The number of anilines is 1. The Morgan fingerprint density at radius 3 is 2.95 bits per heavy atom. The highest BCUT2D eigenvalue weighted by Crippen LogP contribution is 2.16. The minimum atomic E-state index is 0.576. The van der Waals surface area contributed by atoms with Gasteiger partial charge in [0.25, 0.3) is 0 Å². The Labute approximate surface area is 129 Å². The number of para-hydroxylation sites is 2. The van der Waals surface area contributed by atoms with Gasteiger partial charge in [-0.25, -0.2) is 9.97 Å². The maximum Gasteiger partial charge on any atom is 0.143 e. The maximum absolute atomic E-state index is 9.04. The molecule has 1 N–H and O–H groups in total. The molecule has 22 heavy (non-hydrogen) atoms. The summed E-state index contributed by atoms with van der Waals surface area (Å²) >= 11 is 0. The second-order valence-electron chi connectivity index (χ2n) is 5.09. The Hall–Kier alpha value is -2.87. The lowest BCUT2D eigenvalue weighted by atomic mass is 10.2. The van der Waals surface area contributed by atoms with Crippen LogP contribution in [-0.4, -0.2) is 21.1 Å². The predicted octanol–water partition coefficient (Wildman–Crippen LogP) is 3.11. The lowest BCUT2D eigenvalue weighted by Crippen LogP contribution is -2.09. The van der Waals surface area contributed by atoms with E-state index in [2.05, 4.69) is 32.0 Å². The number of nitrogens with zero attached hydrogens (tertiary/aromatic N) is 4. The van der Waals surface area contributed by atoms with Crippen LogP contribution in [0.3, 0.4) is 0 Å². The second kappa shape index (κ2) is 6.27. The number of rotatable bonds is 5. The zero-order valence-electron chi connectivity index (χ0n) is 12.5. The Balaban J connectivity index is 1.63. The van der Waals surface area contributed by atoms with Gasteiger partial charge in [-0.3, -0.25) is 0 Å². The molecule has 0 saturated heterocycles. The molecule has 0 atom stereocenters. The monoisotopic (exact) mass is 291 g/mol. The number of imidazole rings is 1. The average Bonchev–Trinajstić information content (AvgIpc) is 2.87. The first kappa shape index (κ1) is 14.1. The number of hydrogen-bond donors (Lipinski definition) is 1. The zero-order chi connectivity index (χ0) is 15.4. The third-order valence-electron chi connectivity index (χ3n) is 3.62. The van der Waals surface area contributed by atoms with E-state index >= 15 is 0 Å². The minimum Gasteiger partial charge on any atom is -0.369 e. The van der Waals surface area contributed by atoms with E-state index in [1.807, 2.05) is 25.1 Å². The fourth-order valence-electron chi connectivity index (χ4n) is 2.56. The SMILES string of the molecule is Cc1nc2ccccc2n1CCCNc1ncccc1C#N. The lowest BCUT2D eigenvalue weighted by Gasteiger charge is -2.09. The second-order valence-corrected chi connectivity index (χ2v) is 5.09. The fraction of sp³-hybridized carbons (Fsp3) is 0.235. The van der Waals surface area contributed by atoms with Gasteiger partial charge < -0.3 is 9.88 Å². The molecule has 0 amide bonds. The van der Waals surface area contributed by atoms with Crippen LogP contribution in [0.15, 0.2) is 42.6 Å². The van der Waals surface area contributed by atoms with E-state index in [4.69, 9.17) is 5.26 Å². The van der Waals surface area contributed by atoms with Crippen molar-refractivity contribution in [3.05, 3.63) is 54.0 Å². The number of nitriles is 1. The standard InChI is InChI=1S/C17H17N5/c1-13-21-15-7-2-3-8-16(15)22(13)11-5-10-20-17-14(12-18)6-4-9-19-17/h2-4,6-9H,5,10-11H2,1H3,(H,19,20). The Bertz CT molecular complexity index is 828. The van der Waals surface area contributed by atoms with Gasteiger partial charge in [-0.15, -0.1) is 0 Å². The van der Waals surface area contributed by atoms with Crippen molar-refractivity contribution in [1.82, 2.24) is 14.5 Å². The van der Waals surface area contributed by atoms with Crippen LogP contribution >= 0.6 is 0 Å². The molecule has 0 fully saturated rings. The molecule has 0 aliphatic rings. The third-order valence-corrected chi connectivity index (χ3v) is 3.62. The van der Waals surface area contributed by atoms with Crippen LogP contribution in [-0.2, 0) is 6.54 Å². The van der Waals surface area contributed by atoms with Gasteiger partial charge in [0, 0.05) is 19.3 Å². The minimum absolute atomic E-state index is 0.576. The number of aromatic nitrogens is 3. The largest absolute Gasteiger partial charge is 0.369 e. The smallest absolute Gasteiger partial charge is 0.143 e. The molecule has 0 aliphatic heterocycles. The molecule has 110 valence electrons. The molecule has 3 aromatic rings. The van der Waals surface area contributed by atoms with Crippen molar-refractivity contribution in [2.45, 2.75) is 19.9 Å². The molecule has 0 saturated carbocycles. The summed E-state index contributed by atoms with van der Waals surface area (Å²) in [5.74, 6) is 1.67. The zero-order valence-corrected chi connectivity index (χ0v) is 12.5. The van der Waals surface area contributed by atoms with Crippen molar-refractivity contribution in [1.29, 1.82) is 5.26 Å². The van der Waals surface area contributed by atoms with Gasteiger partial charge in [0.1, 0.15) is 17.7 Å². The van der Waals surface area contributed by atoms with E-state index in [9.17, 15) is 0 Å². The molecule has 0 aliphatic carbocycles. The third kappa shape index (κ3) is 2.77. The lowest BCUT2D eigenvalue weighted by molar-refractivity contribution is 0.658. The average molecular weight is 291 g/mol. The maximum atomic E-state index is 9.04. The normalized spacial score (nSPS) is 10.5. The van der Waals surface area contributed by atoms with E-state index in [0.29, 0.717) is 11.4 Å². The van der Waals surface area contributed by atoms with Crippen LogP contribution in [0.4, 0.5) is 5.82 Å². The number of pyridine rings is 1. The van der Waals surface area contributed by atoms with Gasteiger partial charge in [0.15, 0.2) is 0 Å². The van der Waals surface area contributed by atoms with E-state index < -0.39 is 0 Å². The molecule has 0 bridgehead atoms. The van der Waals surface area contributed by atoms with Gasteiger partial charge in [0.05, 0.1) is 16.6 Å². The molecular formula is C17H17N5. The van der Waals surface area contributed by atoms with Crippen molar-refractivity contribution in [3.8, 4) is 6.07 Å². The summed E-state index contributed by atoms with van der Waals surface area (Å²) in [5.41, 5.74) is 2.77. The molecule has 3 rings (SSSR count). The fourth-order valence-corrected chi connectivity index (χ4v) is 2.56. The van der Waals surface area contributed by atoms with Crippen LogP contribution in [0.1, 0.15) is 17.8 Å². The van der Waals surface area contributed by atoms with E-state index in [-0.39, 0.29) is 0 Å². The van der Waals surface area contributed by atoms with Gasteiger partial charge in [-0.05, 0) is 37.6 Å². The van der Waals surface area contributed by atoms with Crippen LogP contribution < -0.4 is 5.32 Å². The first-order valence-electron chi connectivity index (χ1n) is 7.30. The first-order valence-corrected chi connectivity index (χ1v) is 7.30. The molecule has 0 unspecified atom stereocenters. The molecule has 2 heterocycles. The molecule has 2 aromatic heterocycles. The summed E-state index contributed by atoms with van der Waals surface area (Å²) in [4.78, 5) is 8.76. The first-order chi connectivity index (χ1) is 10.8. The molecule has 0 spiro atoms. The number of aryl methyl sites for hydroxylation is 2. The Kier molecular flexibility index (Phi) is 4.01. The number of benzene rings is 1. The van der Waals surface area contributed by atoms with E-state index in [1.165, 1.54) is 0 Å². The van der Waals surface area contributed by atoms with Gasteiger partial charge in [-0.1, -0.05) is 12.1 Å². The highest BCUT2D eigenvalue weighted by atomic mass is 15.1. The van der Waals surface area contributed by atoms with Crippen LogP contribution in [0, 0.1) is 18.3 Å². The Morgan fingerprint density at radius 2 is 2.09 bits per heavy atom. The summed E-state index contributed by atoms with van der Waals surface area (Å²) in [6, 6.07) is 13.8. The number of fused-ring (bicyclic) bond motifs is 1. The summed E-state index contributed by atoms with van der Waals surface area (Å²) in [5, 5.41) is 12.3. The Morgan fingerprint density at radius 1 is 1.23 bits per heavy atom. The van der Waals surface area contributed by atoms with Crippen molar-refractivity contribution in [3.63, 3.8) is 0 Å². The number of hydrogen-bond acceptors (Lipinski definition) is 4.